The highest BCUT2D eigenvalue weighted by Gasteiger charge is 2.25. The third-order valence-electron chi connectivity index (χ3n) is 3.86. The van der Waals surface area contributed by atoms with E-state index in [-0.39, 0.29) is 17.3 Å². The Balaban J connectivity index is 1.88. The molecule has 2 aromatic carbocycles. The van der Waals surface area contributed by atoms with Crippen LogP contribution in [0.3, 0.4) is 0 Å². The summed E-state index contributed by atoms with van der Waals surface area (Å²) in [5, 5.41) is 5.39. The lowest BCUT2D eigenvalue weighted by Gasteiger charge is -2.17. The van der Waals surface area contributed by atoms with Crippen LogP contribution in [0.2, 0.25) is 5.02 Å². The zero-order chi connectivity index (χ0) is 20.1. The fourth-order valence-corrected chi connectivity index (χ4v) is 2.92. The Morgan fingerprint density at radius 2 is 1.75 bits per heavy atom. The molecule has 2 N–H and O–H groups in total. The van der Waals surface area contributed by atoms with E-state index in [1.807, 2.05) is 25.1 Å². The van der Waals surface area contributed by atoms with Crippen molar-refractivity contribution in [2.45, 2.75) is 13.5 Å². The molecular weight excluding hydrogens is 400 g/mol. The number of hydrogen-bond acceptors (Lipinski definition) is 5. The monoisotopic (exact) mass is 416 g/mol. The number of halogens is 1. The van der Waals surface area contributed by atoms with Gasteiger partial charge in [0.1, 0.15) is 12.2 Å². The molecule has 1 aliphatic heterocycles. The molecule has 1 saturated heterocycles. The van der Waals surface area contributed by atoms with Crippen LogP contribution in [-0.4, -0.2) is 23.5 Å². The first kappa shape index (κ1) is 19.9. The molecule has 6 nitrogen and oxygen atoms in total. The van der Waals surface area contributed by atoms with Crippen molar-refractivity contribution in [2.75, 3.05) is 6.61 Å². The van der Waals surface area contributed by atoms with Crippen LogP contribution in [-0.2, 0) is 16.2 Å². The Morgan fingerprint density at radius 1 is 1.04 bits per heavy atom. The molecule has 2 aromatic rings. The predicted molar refractivity (Wildman–Crippen MR) is 110 cm³/mol. The summed E-state index contributed by atoms with van der Waals surface area (Å²) in [4.78, 5) is 24.0. The van der Waals surface area contributed by atoms with Gasteiger partial charge in [-0.25, -0.2) is 0 Å². The van der Waals surface area contributed by atoms with Crippen LogP contribution in [0, 0.1) is 0 Å². The van der Waals surface area contributed by atoms with Gasteiger partial charge in [-0.05, 0) is 49.0 Å². The van der Waals surface area contributed by atoms with E-state index in [4.69, 9.17) is 33.3 Å². The van der Waals surface area contributed by atoms with Gasteiger partial charge in [-0.3, -0.25) is 20.2 Å². The highest BCUT2D eigenvalue weighted by atomic mass is 35.5. The second-order valence-electron chi connectivity index (χ2n) is 5.81. The molecule has 144 valence electrons. The van der Waals surface area contributed by atoms with E-state index in [1.165, 1.54) is 6.08 Å². The summed E-state index contributed by atoms with van der Waals surface area (Å²) < 4.78 is 11.5. The minimum absolute atomic E-state index is 0.0115. The van der Waals surface area contributed by atoms with E-state index in [0.717, 1.165) is 5.56 Å². The molecule has 0 bridgehead atoms. The minimum atomic E-state index is -0.554. The van der Waals surface area contributed by atoms with Crippen molar-refractivity contribution < 1.29 is 19.1 Å². The van der Waals surface area contributed by atoms with Gasteiger partial charge in [-0.2, -0.15) is 0 Å². The average molecular weight is 417 g/mol. The maximum atomic E-state index is 12.0. The molecule has 0 unspecified atom stereocenters. The van der Waals surface area contributed by atoms with Crippen molar-refractivity contribution in [3.8, 4) is 11.5 Å². The molecule has 0 atom stereocenters. The zero-order valence-electron chi connectivity index (χ0n) is 15.0. The number of ether oxygens (including phenoxy) is 2. The van der Waals surface area contributed by atoms with Crippen molar-refractivity contribution in [3.63, 3.8) is 0 Å². The van der Waals surface area contributed by atoms with E-state index < -0.39 is 11.8 Å². The van der Waals surface area contributed by atoms with Crippen LogP contribution in [0.4, 0.5) is 0 Å². The number of benzene rings is 2. The molecule has 0 saturated carbocycles. The maximum absolute atomic E-state index is 12.0. The lowest BCUT2D eigenvalue weighted by Crippen LogP contribution is -2.51. The summed E-state index contributed by atoms with van der Waals surface area (Å²) in [7, 11) is 0. The van der Waals surface area contributed by atoms with E-state index >= 15 is 0 Å². The van der Waals surface area contributed by atoms with Gasteiger partial charge in [-0.1, -0.05) is 35.9 Å². The summed E-state index contributed by atoms with van der Waals surface area (Å²) in [6, 6.07) is 12.5. The number of carbonyl (C=O) groups is 2. The predicted octanol–water partition coefficient (Wildman–Crippen LogP) is 3.23. The first-order chi connectivity index (χ1) is 13.5. The maximum Gasteiger partial charge on any atom is 0.263 e. The molecule has 2 amide bonds. The number of thiocarbonyl (C=S) groups is 1. The van der Waals surface area contributed by atoms with Crippen LogP contribution in [0.15, 0.2) is 48.0 Å². The number of amides is 2. The first-order valence-electron chi connectivity index (χ1n) is 8.49. The van der Waals surface area contributed by atoms with Gasteiger partial charge in [0.15, 0.2) is 16.6 Å². The molecule has 28 heavy (non-hydrogen) atoms. The number of rotatable bonds is 6. The van der Waals surface area contributed by atoms with E-state index in [9.17, 15) is 9.59 Å². The fourth-order valence-electron chi connectivity index (χ4n) is 2.55. The quantitative estimate of drug-likeness (QED) is 0.429. The zero-order valence-corrected chi connectivity index (χ0v) is 16.5. The fraction of sp³-hybridized carbons (Fsp3) is 0.150. The van der Waals surface area contributed by atoms with Crippen molar-refractivity contribution in [1.82, 2.24) is 10.6 Å². The number of hydrogen-bond donors (Lipinski definition) is 2. The third-order valence-corrected chi connectivity index (χ3v) is 4.44. The first-order valence-corrected chi connectivity index (χ1v) is 9.28. The molecule has 0 spiro atoms. The highest BCUT2D eigenvalue weighted by Crippen LogP contribution is 2.31. The summed E-state index contributed by atoms with van der Waals surface area (Å²) in [5.41, 5.74) is 1.38. The largest absolute Gasteiger partial charge is 0.490 e. The van der Waals surface area contributed by atoms with Crippen molar-refractivity contribution in [1.29, 1.82) is 0 Å². The lowest BCUT2D eigenvalue weighted by atomic mass is 10.1. The normalized spacial score (nSPS) is 13.6. The molecule has 0 radical (unpaired) electrons. The molecule has 0 aliphatic carbocycles. The summed E-state index contributed by atoms with van der Waals surface area (Å²) in [5.74, 6) is -0.0824. The van der Waals surface area contributed by atoms with Crippen molar-refractivity contribution in [2.24, 2.45) is 0 Å². The summed E-state index contributed by atoms with van der Waals surface area (Å²) >= 11 is 11.0. The Morgan fingerprint density at radius 3 is 2.43 bits per heavy atom. The highest BCUT2D eigenvalue weighted by molar-refractivity contribution is 7.80. The Kier molecular flexibility index (Phi) is 6.28. The molecule has 8 heteroatoms. The van der Waals surface area contributed by atoms with Crippen LogP contribution in [0.5, 0.6) is 11.5 Å². The Labute approximate surface area is 172 Å². The van der Waals surface area contributed by atoms with E-state index in [1.54, 1.807) is 24.3 Å². The van der Waals surface area contributed by atoms with Crippen LogP contribution in [0.25, 0.3) is 6.08 Å². The molecule has 1 fully saturated rings. The molecule has 0 aromatic heterocycles. The van der Waals surface area contributed by atoms with E-state index in [2.05, 4.69) is 10.6 Å². The van der Waals surface area contributed by atoms with Gasteiger partial charge >= 0.3 is 0 Å². The summed E-state index contributed by atoms with van der Waals surface area (Å²) in [6.07, 6.45) is 1.46. The standard InChI is InChI=1S/C20H17ClN2O4S/c1-2-26-16-8-7-12(9-14-18(24)22-20(28)23-19(14)25)10-17(16)27-11-13-5-3-4-6-15(13)21/h3-10H,2,11H2,1H3,(H2,22,23,24,25,28). The van der Waals surface area contributed by atoms with Crippen LogP contribution < -0.4 is 20.1 Å². The smallest absolute Gasteiger partial charge is 0.263 e. The molecular formula is C20H17ClN2O4S. The van der Waals surface area contributed by atoms with Crippen LogP contribution in [0.1, 0.15) is 18.1 Å². The van der Waals surface area contributed by atoms with Crippen LogP contribution >= 0.6 is 23.8 Å². The van der Waals surface area contributed by atoms with E-state index in [0.29, 0.717) is 28.7 Å². The van der Waals surface area contributed by atoms with Gasteiger partial charge in [0.2, 0.25) is 0 Å². The minimum Gasteiger partial charge on any atom is -0.490 e. The van der Waals surface area contributed by atoms with Crippen molar-refractivity contribution >= 4 is 46.8 Å². The number of nitrogens with one attached hydrogen (secondary N) is 2. The van der Waals surface area contributed by atoms with Gasteiger partial charge in [0.05, 0.1) is 6.61 Å². The van der Waals surface area contributed by atoms with Gasteiger partial charge in [-0.15, -0.1) is 0 Å². The lowest BCUT2D eigenvalue weighted by molar-refractivity contribution is -0.123. The molecule has 1 heterocycles. The number of carbonyl (C=O) groups excluding carboxylic acids is 2. The SMILES string of the molecule is CCOc1ccc(C=C2C(=O)NC(=S)NC2=O)cc1OCc1ccccc1Cl. The summed E-state index contributed by atoms with van der Waals surface area (Å²) in [6.45, 7) is 2.58. The topological polar surface area (TPSA) is 76.7 Å². The van der Waals surface area contributed by atoms with Crippen molar-refractivity contribution in [3.05, 3.63) is 64.2 Å². The molecule has 3 rings (SSSR count). The van der Waals surface area contributed by atoms with Gasteiger partial charge in [0, 0.05) is 10.6 Å². The average Bonchev–Trinajstić information content (AvgIpc) is 2.65. The second kappa shape index (κ2) is 8.86. The molecule has 1 aliphatic rings. The Hall–Kier alpha value is -2.90. The van der Waals surface area contributed by atoms with Gasteiger partial charge in [0.25, 0.3) is 11.8 Å². The van der Waals surface area contributed by atoms with Gasteiger partial charge < -0.3 is 9.47 Å². The Bertz CT molecular complexity index is 952. The third kappa shape index (κ3) is 4.68. The second-order valence-corrected chi connectivity index (χ2v) is 6.63.